The number of hydrogen-bond donors (Lipinski definition) is 18. The number of aliphatic hydroxyl groups excluding tert-OH is 13. The Hall–Kier alpha value is -2.73. The van der Waals surface area contributed by atoms with Gasteiger partial charge in [0.25, 0.3) is 0 Å². The van der Waals surface area contributed by atoms with Gasteiger partial charge in [-0.05, 0) is 98.5 Å². The van der Waals surface area contributed by atoms with Crippen LogP contribution in [0.15, 0.2) is 11.1 Å². The van der Waals surface area contributed by atoms with Crippen molar-refractivity contribution in [3.63, 3.8) is 0 Å². The number of methoxy groups -OCH3 is 1. The average molecular weight is 1370 g/mol. The molecule has 0 spiro atoms. The second-order valence-electron chi connectivity index (χ2n) is 29.6. The van der Waals surface area contributed by atoms with E-state index in [1.54, 1.807) is 21.0 Å². The summed E-state index contributed by atoms with van der Waals surface area (Å²) in [5.41, 5.74) is -5.21. The predicted octanol–water partition coefficient (Wildman–Crippen LogP) is -5.43. The summed E-state index contributed by atoms with van der Waals surface area (Å²) >= 11 is 0. The van der Waals surface area contributed by atoms with Gasteiger partial charge >= 0.3 is 0 Å². The van der Waals surface area contributed by atoms with E-state index in [0.717, 1.165) is 25.0 Å². The minimum absolute atomic E-state index is 0.0199. The molecule has 0 radical (unpaired) electrons. The third-order valence-corrected chi connectivity index (χ3v) is 22.4. The van der Waals surface area contributed by atoms with Crippen LogP contribution >= 0.6 is 0 Å². The van der Waals surface area contributed by atoms with Crippen LogP contribution in [0.1, 0.15) is 120 Å². The molecule has 95 heavy (non-hydrogen) atoms. The van der Waals surface area contributed by atoms with E-state index < -0.39 is 220 Å². The normalized spacial score (nSPS) is 48.0. The Balaban J connectivity index is 0.923. The molecule has 5 aliphatic heterocycles. The van der Waals surface area contributed by atoms with Gasteiger partial charge < -0.3 is 144 Å². The number of aliphatic hydroxyl groups is 16. The van der Waals surface area contributed by atoms with Crippen LogP contribution in [0.4, 0.5) is 0 Å². The number of ketones is 1. The van der Waals surface area contributed by atoms with Gasteiger partial charge in [0.05, 0.1) is 56.4 Å². The Morgan fingerprint density at radius 2 is 1.25 bits per heavy atom. The summed E-state index contributed by atoms with van der Waals surface area (Å²) in [6.45, 7) is 11.4. The first kappa shape index (κ1) is 76.4. The number of hydrogen-bond acceptors (Lipinski definition) is 30. The number of rotatable bonds is 22. The van der Waals surface area contributed by atoms with Gasteiger partial charge in [-0.1, -0.05) is 34.6 Å². The minimum atomic E-state index is -2.88. The number of nitrogens with one attached hydrogen (secondary N) is 2. The highest BCUT2D eigenvalue weighted by atomic mass is 16.8. The van der Waals surface area contributed by atoms with E-state index in [1.807, 2.05) is 13.8 Å². The van der Waals surface area contributed by atoms with Gasteiger partial charge in [0.2, 0.25) is 23.8 Å². The predicted molar refractivity (Wildman–Crippen MR) is 319 cm³/mol. The van der Waals surface area contributed by atoms with Gasteiger partial charge in [0.15, 0.2) is 25.2 Å². The summed E-state index contributed by atoms with van der Waals surface area (Å²) in [5, 5.41) is 184. The van der Waals surface area contributed by atoms with Crippen LogP contribution in [-0.4, -0.2) is 310 Å². The lowest BCUT2D eigenvalue weighted by molar-refractivity contribution is -0.398. The van der Waals surface area contributed by atoms with Crippen LogP contribution in [0.5, 0.6) is 0 Å². The molecule has 32 heteroatoms. The Labute approximate surface area is 550 Å². The van der Waals surface area contributed by atoms with E-state index in [0.29, 0.717) is 44.9 Å². The van der Waals surface area contributed by atoms with Crippen molar-refractivity contribution in [3.05, 3.63) is 11.1 Å². The first-order valence-corrected chi connectivity index (χ1v) is 33.0. The number of amides is 2. The molecule has 0 bridgehead atoms. The summed E-state index contributed by atoms with van der Waals surface area (Å²) in [5.74, 6) is -1.90. The molecule has 0 aromatic heterocycles. The maximum atomic E-state index is 13.4. The largest absolute Gasteiger partial charge is 0.394 e. The molecule has 546 valence electrons. The molecule has 2 amide bonds. The van der Waals surface area contributed by atoms with Crippen molar-refractivity contribution in [2.75, 3.05) is 40.1 Å². The zero-order valence-electron chi connectivity index (χ0n) is 55.4. The van der Waals surface area contributed by atoms with E-state index >= 15 is 0 Å². The maximum absolute atomic E-state index is 13.4. The molecule has 8 fully saturated rings. The van der Waals surface area contributed by atoms with Gasteiger partial charge in [-0.2, -0.15) is 0 Å². The molecule has 5 heterocycles. The fourth-order valence-electron chi connectivity index (χ4n) is 17.4. The third-order valence-electron chi connectivity index (χ3n) is 22.4. The van der Waals surface area contributed by atoms with Crippen molar-refractivity contribution in [2.45, 2.75) is 290 Å². The second kappa shape index (κ2) is 29.3. The topological polar surface area (TPSA) is 500 Å². The number of Topliss-reactive ketones (excluding diaryl/α,β-unsaturated/α-hetero) is 1. The van der Waals surface area contributed by atoms with Gasteiger partial charge in [0, 0.05) is 39.2 Å². The van der Waals surface area contributed by atoms with Crippen molar-refractivity contribution < 1.29 is 148 Å². The van der Waals surface area contributed by atoms with Crippen LogP contribution in [0.2, 0.25) is 0 Å². The van der Waals surface area contributed by atoms with Gasteiger partial charge in [0.1, 0.15) is 116 Å². The van der Waals surface area contributed by atoms with Gasteiger partial charge in [-0.25, -0.2) is 0 Å². The smallest absolute Gasteiger partial charge is 0.219 e. The van der Waals surface area contributed by atoms with Crippen molar-refractivity contribution in [1.29, 1.82) is 0 Å². The summed E-state index contributed by atoms with van der Waals surface area (Å²) in [4.78, 5) is 39.0. The Kier molecular flexibility index (Phi) is 23.6. The van der Waals surface area contributed by atoms with Crippen molar-refractivity contribution in [1.82, 2.24) is 10.6 Å². The monoisotopic (exact) mass is 1370 g/mol. The van der Waals surface area contributed by atoms with E-state index in [-0.39, 0.29) is 47.9 Å². The molecule has 32 nitrogen and oxygen atoms in total. The Morgan fingerprint density at radius 3 is 1.86 bits per heavy atom. The number of carbonyl (C=O) groups excluding carboxylic acids is 3. The highest BCUT2D eigenvalue weighted by molar-refractivity contribution is 5.79. The lowest BCUT2D eigenvalue weighted by Gasteiger charge is -2.66. The molecule has 9 rings (SSSR count). The standard InChI is InChI=1S/C63H104N2O30/c1-25(17-28(71)19-58(4,5)82)30-18-32(85-10)39-29-11-12-37-59(6,7)38(13-14-61(37,9)62(29,83)16-15-60(30,39)8)92-57-63(84,65-27(3)70)52(81)49(35(22-68)91-57)93-56-50(41(73)31(72)23-86-56)94-53-40(64-26(2)69)45(77)44(76)36(90-53)24-87-55-51(47(79)43(75)34(21-67)89-55)95-54-48(80)46(78)42(74)33(20-66)88-54/h25,30-38,40-57,66-68,72-84H,11-24H2,1-10H3,(H,64,69)(H,65,70)/t25-,30-,31-,32-,33-,34-,35-,36-,37+,38+,40-,41+,42-,43-,44-,45-,46+,47+,48-,49+,50-,51-,52+,53+,54+,55-,56+,57+,60-,61+,62-,63-/m1/s1. The highest BCUT2D eigenvalue weighted by Gasteiger charge is 2.69. The van der Waals surface area contributed by atoms with Crippen LogP contribution < -0.4 is 10.6 Å². The van der Waals surface area contributed by atoms with E-state index in [1.165, 1.54) is 0 Å². The first-order valence-electron chi connectivity index (χ1n) is 33.0. The maximum Gasteiger partial charge on any atom is 0.219 e. The lowest BCUT2D eigenvalue weighted by atomic mass is 9.42. The quantitative estimate of drug-likeness (QED) is 0.0273. The third kappa shape index (κ3) is 14.5. The molecule has 0 aromatic rings. The van der Waals surface area contributed by atoms with Crippen LogP contribution in [-0.2, 0) is 66.5 Å². The zero-order valence-corrected chi connectivity index (χ0v) is 55.4. The van der Waals surface area contributed by atoms with E-state index in [9.17, 15) is 96.1 Å². The molecule has 3 saturated carbocycles. The fraction of sp³-hybridized carbons (Fsp3) is 0.921. The van der Waals surface area contributed by atoms with Crippen molar-refractivity contribution in [2.24, 2.45) is 34.0 Å². The minimum Gasteiger partial charge on any atom is -0.394 e. The molecule has 32 atom stereocenters. The summed E-state index contributed by atoms with van der Waals surface area (Å²) in [6.07, 6.45) is -38.9. The molecule has 0 aromatic carbocycles. The number of ether oxygens (including phenoxy) is 11. The Morgan fingerprint density at radius 1 is 0.663 bits per heavy atom. The summed E-state index contributed by atoms with van der Waals surface area (Å²) < 4.78 is 66.4. The lowest BCUT2D eigenvalue weighted by Crippen LogP contribution is -2.75. The average Bonchev–Trinajstić information content (AvgIpc) is 1.68. The molecule has 5 saturated heterocycles. The highest BCUT2D eigenvalue weighted by Crippen LogP contribution is 2.70. The van der Waals surface area contributed by atoms with Crippen molar-refractivity contribution in [3.8, 4) is 0 Å². The van der Waals surface area contributed by atoms with Crippen LogP contribution in [0.25, 0.3) is 0 Å². The van der Waals surface area contributed by atoms with E-state index in [4.69, 9.17) is 52.1 Å². The number of fused-ring (bicyclic) bond motifs is 4. The first-order chi connectivity index (χ1) is 44.3. The second-order valence-corrected chi connectivity index (χ2v) is 29.6. The zero-order chi connectivity index (χ0) is 70.1. The van der Waals surface area contributed by atoms with Crippen molar-refractivity contribution >= 4 is 17.6 Å². The molecule has 4 aliphatic carbocycles. The number of carbonyl (C=O) groups is 3. The molecule has 0 unspecified atom stereocenters. The fourth-order valence-corrected chi connectivity index (χ4v) is 17.4. The molecular weight excluding hydrogens is 1260 g/mol. The SMILES string of the molecule is CO[C@@H]1C[C@H]([C@H](C)CC(=O)CC(C)(C)O)[C@@]2(C)CC[C@@]3(O)C(=C12)CC[C@H]1C(C)(C)[C@@H](O[C@@H]2O[C@H](CO)[C@H](O[C@@H]4OC[C@@H](O)[C@H](O)[C@H]4O[C@@H]4O[C@H](CO[C@@H]5O[C@H](CO)[C@@H](O)[C@H](O)[C@H]5O[C@@H]5O[C@H](CO)[C@@H](O)[C@H](O)[C@H]5O)[C@@H](O)[C@H](O)[C@H]4NC(C)=O)[C@H](O)[C@]2(O)NC(C)=O)CC[C@@]13C. The van der Waals surface area contributed by atoms with Crippen LogP contribution in [0.3, 0.4) is 0 Å². The molecule has 18 N–H and O–H groups in total. The summed E-state index contributed by atoms with van der Waals surface area (Å²) in [7, 11) is 1.67. The molecular formula is C63H104N2O30. The van der Waals surface area contributed by atoms with Gasteiger partial charge in [-0.3, -0.25) is 14.4 Å². The summed E-state index contributed by atoms with van der Waals surface area (Å²) in [6, 6.07) is -1.73. The van der Waals surface area contributed by atoms with Crippen LogP contribution in [0, 0.1) is 34.0 Å². The van der Waals surface area contributed by atoms with E-state index in [2.05, 4.69) is 31.4 Å². The molecule has 9 aliphatic rings. The Bertz CT molecular complexity index is 2690. The van der Waals surface area contributed by atoms with Gasteiger partial charge in [-0.15, -0.1) is 0 Å².